The summed E-state index contributed by atoms with van der Waals surface area (Å²) >= 11 is 0. The van der Waals surface area contributed by atoms with E-state index in [1.54, 1.807) is 30.3 Å². The Morgan fingerprint density at radius 1 is 0.879 bits per heavy atom. The van der Waals surface area contributed by atoms with Gasteiger partial charge in [0.2, 0.25) is 11.6 Å². The Kier molecular flexibility index (Phi) is 6.07. The highest BCUT2D eigenvalue weighted by Gasteiger charge is 2.18. The Morgan fingerprint density at radius 3 is 2.18 bits per heavy atom. The monoisotopic (exact) mass is 450 g/mol. The largest absolute Gasteiger partial charge is 0.493 e. The number of esters is 1. The summed E-state index contributed by atoms with van der Waals surface area (Å²) in [4.78, 5) is 21.5. The lowest BCUT2D eigenvalue weighted by molar-refractivity contribution is 0.0439. The number of benzene rings is 2. The number of carbonyl (C=O) groups excluding carboxylic acids is 1. The minimum Gasteiger partial charge on any atom is -0.493 e. The molecule has 0 radical (unpaired) electrons. The Bertz CT molecular complexity index is 1310. The maximum atomic E-state index is 12.5. The van der Waals surface area contributed by atoms with Gasteiger partial charge in [-0.25, -0.2) is 14.8 Å². The normalized spacial score (nSPS) is 10.8. The van der Waals surface area contributed by atoms with Gasteiger partial charge in [-0.3, -0.25) is 0 Å². The number of ether oxygens (including phenoxy) is 4. The molecule has 0 fully saturated rings. The zero-order valence-electron chi connectivity index (χ0n) is 18.8. The van der Waals surface area contributed by atoms with Crippen LogP contribution in [0.15, 0.2) is 34.7 Å². The zero-order chi connectivity index (χ0) is 23.5. The van der Waals surface area contributed by atoms with E-state index in [9.17, 15) is 4.79 Å². The van der Waals surface area contributed by atoms with Crippen LogP contribution in [0.1, 0.15) is 27.6 Å². The summed E-state index contributed by atoms with van der Waals surface area (Å²) in [7, 11) is 4.55. The van der Waals surface area contributed by atoms with Crippen LogP contribution >= 0.6 is 0 Å². The molecule has 2 heterocycles. The number of rotatable bonds is 7. The van der Waals surface area contributed by atoms with Gasteiger partial charge in [0, 0.05) is 5.56 Å². The number of aromatic nitrogens is 4. The van der Waals surface area contributed by atoms with Crippen LogP contribution in [0, 0.1) is 13.8 Å². The van der Waals surface area contributed by atoms with Crippen LogP contribution in [0.25, 0.3) is 22.5 Å². The van der Waals surface area contributed by atoms with E-state index in [1.807, 2.05) is 13.8 Å². The molecule has 0 bridgehead atoms. The van der Waals surface area contributed by atoms with Crippen molar-refractivity contribution in [2.24, 2.45) is 0 Å². The Morgan fingerprint density at radius 2 is 1.55 bits per heavy atom. The molecule has 2 aromatic heterocycles. The smallest absolute Gasteiger partial charge is 0.338 e. The molecule has 0 aliphatic carbocycles. The van der Waals surface area contributed by atoms with Gasteiger partial charge in [0.05, 0.1) is 49.3 Å². The van der Waals surface area contributed by atoms with Crippen LogP contribution in [-0.4, -0.2) is 47.5 Å². The average molecular weight is 450 g/mol. The van der Waals surface area contributed by atoms with Crippen LogP contribution in [0.3, 0.4) is 0 Å². The fourth-order valence-corrected chi connectivity index (χ4v) is 3.20. The van der Waals surface area contributed by atoms with E-state index in [0.29, 0.717) is 39.4 Å². The predicted molar refractivity (Wildman–Crippen MR) is 118 cm³/mol. The predicted octanol–water partition coefficient (Wildman–Crippen LogP) is 3.68. The van der Waals surface area contributed by atoms with Crippen molar-refractivity contribution in [3.8, 4) is 28.7 Å². The second-order valence-electron chi connectivity index (χ2n) is 7.09. The molecular formula is C23H22N4O6. The van der Waals surface area contributed by atoms with Crippen molar-refractivity contribution in [2.75, 3.05) is 21.3 Å². The quantitative estimate of drug-likeness (QED) is 0.386. The van der Waals surface area contributed by atoms with Gasteiger partial charge in [0.1, 0.15) is 0 Å². The lowest BCUT2D eigenvalue weighted by Crippen LogP contribution is -2.06. The molecular weight excluding hydrogens is 428 g/mol. The fraction of sp³-hybridized carbons (Fsp3) is 0.261. The molecule has 10 heteroatoms. The molecule has 170 valence electrons. The van der Waals surface area contributed by atoms with Gasteiger partial charge in [-0.15, -0.1) is 10.2 Å². The molecule has 4 rings (SSSR count). The first-order chi connectivity index (χ1) is 15.9. The van der Waals surface area contributed by atoms with E-state index >= 15 is 0 Å². The molecule has 33 heavy (non-hydrogen) atoms. The summed E-state index contributed by atoms with van der Waals surface area (Å²) in [5, 5.41) is 7.98. The summed E-state index contributed by atoms with van der Waals surface area (Å²) in [6.07, 6.45) is 0. The van der Waals surface area contributed by atoms with E-state index < -0.39 is 5.97 Å². The van der Waals surface area contributed by atoms with Crippen LogP contribution < -0.4 is 14.2 Å². The molecule has 0 spiro atoms. The third-order valence-electron chi connectivity index (χ3n) is 5.02. The lowest BCUT2D eigenvalue weighted by Gasteiger charge is -2.12. The summed E-state index contributed by atoms with van der Waals surface area (Å²) in [5.41, 5.74) is 3.89. The first-order valence-electron chi connectivity index (χ1n) is 9.98. The molecule has 0 atom stereocenters. The fourth-order valence-electron chi connectivity index (χ4n) is 3.20. The van der Waals surface area contributed by atoms with E-state index in [4.69, 9.17) is 23.4 Å². The average Bonchev–Trinajstić information content (AvgIpc) is 3.31. The summed E-state index contributed by atoms with van der Waals surface area (Å²) < 4.78 is 27.0. The van der Waals surface area contributed by atoms with Gasteiger partial charge >= 0.3 is 5.97 Å². The Hall–Kier alpha value is -4.21. The van der Waals surface area contributed by atoms with Crippen LogP contribution in [0.5, 0.6) is 17.2 Å². The number of hydrogen-bond donors (Lipinski definition) is 0. The number of nitrogens with zero attached hydrogens (tertiary/aromatic N) is 4. The second kappa shape index (κ2) is 9.11. The molecule has 2 aromatic carbocycles. The summed E-state index contributed by atoms with van der Waals surface area (Å²) in [5.74, 6) is 1.16. The molecule has 0 unspecified atom stereocenters. The number of carbonyl (C=O) groups is 1. The third-order valence-corrected chi connectivity index (χ3v) is 5.02. The van der Waals surface area contributed by atoms with Crippen LogP contribution in [0.2, 0.25) is 0 Å². The van der Waals surface area contributed by atoms with Crippen molar-refractivity contribution in [3.05, 3.63) is 53.2 Å². The van der Waals surface area contributed by atoms with Crippen LogP contribution in [0.4, 0.5) is 0 Å². The molecule has 10 nitrogen and oxygen atoms in total. The van der Waals surface area contributed by atoms with Crippen molar-refractivity contribution >= 4 is 17.0 Å². The van der Waals surface area contributed by atoms with E-state index in [0.717, 1.165) is 11.4 Å². The summed E-state index contributed by atoms with van der Waals surface area (Å²) in [6.45, 7) is 3.57. The minimum atomic E-state index is -0.538. The van der Waals surface area contributed by atoms with E-state index in [-0.39, 0.29) is 18.4 Å². The van der Waals surface area contributed by atoms with E-state index in [2.05, 4.69) is 20.2 Å². The van der Waals surface area contributed by atoms with Crippen molar-refractivity contribution < 1.29 is 28.2 Å². The Labute approximate surface area is 189 Å². The van der Waals surface area contributed by atoms with Crippen molar-refractivity contribution in [2.45, 2.75) is 20.5 Å². The summed E-state index contributed by atoms with van der Waals surface area (Å²) in [6, 6.07) is 8.39. The number of hydrogen-bond acceptors (Lipinski definition) is 10. The minimum absolute atomic E-state index is 0.138. The van der Waals surface area contributed by atoms with Gasteiger partial charge in [-0.05, 0) is 44.2 Å². The standard InChI is InChI=1S/C23H22N4O6/c1-12-13(2)25-17-8-14(6-7-16(17)24-12)23(28)32-11-20-26-27-22(33-20)15-9-18(29-3)21(31-5)19(10-15)30-4/h6-10H,11H2,1-5H3. The second-order valence-corrected chi connectivity index (χ2v) is 7.09. The SMILES string of the molecule is COc1cc(-c2nnc(COC(=O)c3ccc4nc(C)c(C)nc4c3)o2)cc(OC)c1OC. The number of fused-ring (bicyclic) bond motifs is 1. The number of methoxy groups -OCH3 is 3. The van der Waals surface area contributed by atoms with Gasteiger partial charge in [0.25, 0.3) is 5.89 Å². The first kappa shape index (κ1) is 22.0. The zero-order valence-corrected chi connectivity index (χ0v) is 18.8. The molecule has 0 saturated carbocycles. The van der Waals surface area contributed by atoms with Gasteiger partial charge < -0.3 is 23.4 Å². The van der Waals surface area contributed by atoms with E-state index in [1.165, 1.54) is 21.3 Å². The first-order valence-corrected chi connectivity index (χ1v) is 9.98. The number of aryl methyl sites for hydroxylation is 2. The molecule has 4 aromatic rings. The third kappa shape index (κ3) is 4.40. The maximum absolute atomic E-state index is 12.5. The van der Waals surface area contributed by atoms with Gasteiger partial charge in [-0.2, -0.15) is 0 Å². The topological polar surface area (TPSA) is 119 Å². The van der Waals surface area contributed by atoms with Crippen molar-refractivity contribution in [1.29, 1.82) is 0 Å². The highest BCUT2D eigenvalue weighted by atomic mass is 16.5. The maximum Gasteiger partial charge on any atom is 0.338 e. The van der Waals surface area contributed by atoms with Crippen molar-refractivity contribution in [1.82, 2.24) is 20.2 Å². The molecule has 0 aliphatic rings. The van der Waals surface area contributed by atoms with Gasteiger partial charge in [0.15, 0.2) is 18.1 Å². The molecule has 0 saturated heterocycles. The molecule has 0 N–H and O–H groups in total. The highest BCUT2D eigenvalue weighted by Crippen LogP contribution is 2.40. The highest BCUT2D eigenvalue weighted by molar-refractivity contribution is 5.93. The lowest BCUT2D eigenvalue weighted by atomic mass is 10.2. The Balaban J connectivity index is 1.50. The van der Waals surface area contributed by atoms with Crippen LogP contribution in [-0.2, 0) is 11.3 Å². The van der Waals surface area contributed by atoms with Crippen molar-refractivity contribution in [3.63, 3.8) is 0 Å². The molecule has 0 amide bonds. The molecule has 0 aliphatic heterocycles. The van der Waals surface area contributed by atoms with Gasteiger partial charge in [-0.1, -0.05) is 0 Å².